The Balaban J connectivity index is 0.00000242. The van der Waals surface area contributed by atoms with Gasteiger partial charge >= 0.3 is 0 Å². The predicted octanol–water partition coefficient (Wildman–Crippen LogP) is 2.00. The monoisotopic (exact) mass is 328 g/mol. The van der Waals surface area contributed by atoms with Crippen LogP contribution in [0.2, 0.25) is 0 Å². The summed E-state index contributed by atoms with van der Waals surface area (Å²) in [7, 11) is 1.60. The van der Waals surface area contributed by atoms with Gasteiger partial charge in [-0.15, -0.1) is 12.4 Å². The summed E-state index contributed by atoms with van der Waals surface area (Å²) in [5, 5.41) is 6.32. The van der Waals surface area contributed by atoms with E-state index in [2.05, 4.69) is 10.6 Å². The van der Waals surface area contributed by atoms with Crippen molar-refractivity contribution in [2.75, 3.05) is 33.4 Å². The van der Waals surface area contributed by atoms with Crippen LogP contribution in [0.4, 0.5) is 0 Å². The number of methoxy groups -OCH3 is 1. The van der Waals surface area contributed by atoms with Gasteiger partial charge in [0, 0.05) is 6.54 Å². The standard InChI is InChI=1S/C16H24N2O3.ClH/c1-20-14-6-2-3-7-15(14)21-10-8-16(19)18-12-13-5-4-9-17-11-13;/h2-3,6-7,13,17H,4-5,8-12H2,1H3,(H,18,19);1H. The molecule has 0 radical (unpaired) electrons. The molecule has 1 saturated heterocycles. The van der Waals surface area contributed by atoms with Crippen LogP contribution >= 0.6 is 12.4 Å². The molecule has 0 aliphatic carbocycles. The fraction of sp³-hybridized carbons (Fsp3) is 0.562. The number of nitrogens with one attached hydrogen (secondary N) is 2. The van der Waals surface area contributed by atoms with Gasteiger partial charge in [-0.25, -0.2) is 0 Å². The summed E-state index contributed by atoms with van der Waals surface area (Å²) in [6, 6.07) is 7.44. The van der Waals surface area contributed by atoms with E-state index < -0.39 is 0 Å². The molecule has 0 bridgehead atoms. The van der Waals surface area contributed by atoms with E-state index in [0.717, 1.165) is 19.6 Å². The van der Waals surface area contributed by atoms with E-state index in [1.807, 2.05) is 24.3 Å². The number of benzene rings is 1. The second-order valence-electron chi connectivity index (χ2n) is 5.27. The highest BCUT2D eigenvalue weighted by Gasteiger charge is 2.13. The van der Waals surface area contributed by atoms with Gasteiger partial charge in [-0.2, -0.15) is 0 Å². The Bertz CT molecular complexity index is 451. The molecule has 0 aromatic heterocycles. The van der Waals surface area contributed by atoms with E-state index in [4.69, 9.17) is 9.47 Å². The first kappa shape index (κ1) is 18.6. The lowest BCUT2D eigenvalue weighted by Gasteiger charge is -2.22. The van der Waals surface area contributed by atoms with Crippen molar-refractivity contribution in [3.8, 4) is 11.5 Å². The molecule has 0 spiro atoms. The molecule has 2 N–H and O–H groups in total. The summed E-state index contributed by atoms with van der Waals surface area (Å²) < 4.78 is 10.8. The summed E-state index contributed by atoms with van der Waals surface area (Å²) in [4.78, 5) is 11.8. The molecular weight excluding hydrogens is 304 g/mol. The lowest BCUT2D eigenvalue weighted by atomic mass is 10.00. The number of hydrogen-bond acceptors (Lipinski definition) is 4. The molecule has 1 aromatic carbocycles. The SMILES string of the molecule is COc1ccccc1OCCC(=O)NCC1CCCNC1.Cl. The van der Waals surface area contributed by atoms with Gasteiger partial charge in [-0.3, -0.25) is 4.79 Å². The first-order valence-corrected chi connectivity index (χ1v) is 7.53. The number of halogens is 1. The Hall–Kier alpha value is -1.46. The smallest absolute Gasteiger partial charge is 0.223 e. The molecule has 1 fully saturated rings. The topological polar surface area (TPSA) is 59.6 Å². The number of para-hydroxylation sites is 2. The molecule has 124 valence electrons. The first-order chi connectivity index (χ1) is 10.3. The molecule has 2 rings (SSSR count). The van der Waals surface area contributed by atoms with Gasteiger partial charge in [0.1, 0.15) is 0 Å². The molecule has 6 heteroatoms. The lowest BCUT2D eigenvalue weighted by molar-refractivity contribution is -0.121. The van der Waals surface area contributed by atoms with Crippen LogP contribution in [0.25, 0.3) is 0 Å². The van der Waals surface area contributed by atoms with Crippen molar-refractivity contribution in [1.82, 2.24) is 10.6 Å². The summed E-state index contributed by atoms with van der Waals surface area (Å²) >= 11 is 0. The molecule has 5 nitrogen and oxygen atoms in total. The van der Waals surface area contributed by atoms with Crippen LogP contribution < -0.4 is 20.1 Å². The maximum Gasteiger partial charge on any atom is 0.223 e. The Morgan fingerprint density at radius 3 is 2.82 bits per heavy atom. The average molecular weight is 329 g/mol. The number of ether oxygens (including phenoxy) is 2. The van der Waals surface area contributed by atoms with Gasteiger partial charge in [-0.05, 0) is 44.0 Å². The zero-order valence-corrected chi connectivity index (χ0v) is 13.8. The van der Waals surface area contributed by atoms with Crippen LogP contribution in [0.5, 0.6) is 11.5 Å². The van der Waals surface area contributed by atoms with Crippen molar-refractivity contribution in [3.63, 3.8) is 0 Å². The summed E-state index contributed by atoms with van der Waals surface area (Å²) in [6.07, 6.45) is 2.74. The summed E-state index contributed by atoms with van der Waals surface area (Å²) in [6.45, 7) is 3.20. The number of amides is 1. The third-order valence-corrected chi connectivity index (χ3v) is 3.64. The summed E-state index contributed by atoms with van der Waals surface area (Å²) in [5.41, 5.74) is 0. The van der Waals surface area contributed by atoms with Gasteiger partial charge in [0.25, 0.3) is 0 Å². The fourth-order valence-corrected chi connectivity index (χ4v) is 2.44. The highest BCUT2D eigenvalue weighted by Crippen LogP contribution is 2.25. The second-order valence-corrected chi connectivity index (χ2v) is 5.27. The molecule has 1 heterocycles. The van der Waals surface area contributed by atoms with Crippen molar-refractivity contribution in [1.29, 1.82) is 0 Å². The van der Waals surface area contributed by atoms with E-state index in [0.29, 0.717) is 30.4 Å². The molecule has 1 aliphatic heterocycles. The Morgan fingerprint density at radius 2 is 2.14 bits per heavy atom. The largest absolute Gasteiger partial charge is 0.493 e. The third-order valence-electron chi connectivity index (χ3n) is 3.64. The minimum atomic E-state index is 0. The van der Waals surface area contributed by atoms with Crippen LogP contribution in [0.3, 0.4) is 0 Å². The Labute approximate surface area is 138 Å². The number of hydrogen-bond donors (Lipinski definition) is 2. The van der Waals surface area contributed by atoms with Crippen LogP contribution in [0.1, 0.15) is 19.3 Å². The quantitative estimate of drug-likeness (QED) is 0.804. The van der Waals surface area contributed by atoms with Crippen LogP contribution in [0.15, 0.2) is 24.3 Å². The van der Waals surface area contributed by atoms with Crippen molar-refractivity contribution >= 4 is 18.3 Å². The Kier molecular flexibility index (Phi) is 8.70. The molecule has 22 heavy (non-hydrogen) atoms. The molecule has 1 aromatic rings. The van der Waals surface area contributed by atoms with Gasteiger partial charge in [0.2, 0.25) is 5.91 Å². The number of carbonyl (C=O) groups excluding carboxylic acids is 1. The van der Waals surface area contributed by atoms with E-state index in [1.165, 1.54) is 12.8 Å². The van der Waals surface area contributed by atoms with Crippen LogP contribution in [-0.4, -0.2) is 39.3 Å². The van der Waals surface area contributed by atoms with E-state index in [-0.39, 0.29) is 18.3 Å². The van der Waals surface area contributed by atoms with E-state index in [9.17, 15) is 4.79 Å². The number of rotatable bonds is 7. The highest BCUT2D eigenvalue weighted by atomic mass is 35.5. The van der Waals surface area contributed by atoms with Crippen molar-refractivity contribution in [2.24, 2.45) is 5.92 Å². The van der Waals surface area contributed by atoms with Crippen molar-refractivity contribution in [3.05, 3.63) is 24.3 Å². The number of carbonyl (C=O) groups is 1. The zero-order valence-electron chi connectivity index (χ0n) is 13.0. The van der Waals surface area contributed by atoms with Crippen molar-refractivity contribution in [2.45, 2.75) is 19.3 Å². The summed E-state index contributed by atoms with van der Waals surface area (Å²) in [5.74, 6) is 1.95. The predicted molar refractivity (Wildman–Crippen MR) is 89.0 cm³/mol. The lowest BCUT2D eigenvalue weighted by Crippen LogP contribution is -2.38. The first-order valence-electron chi connectivity index (χ1n) is 7.53. The van der Waals surface area contributed by atoms with Gasteiger partial charge in [0.15, 0.2) is 11.5 Å². The second kappa shape index (κ2) is 10.3. The molecule has 1 atom stereocenters. The molecule has 0 saturated carbocycles. The fourth-order valence-electron chi connectivity index (χ4n) is 2.44. The van der Waals surface area contributed by atoms with E-state index >= 15 is 0 Å². The third kappa shape index (κ3) is 6.12. The Morgan fingerprint density at radius 1 is 1.36 bits per heavy atom. The maximum atomic E-state index is 11.8. The molecule has 1 aliphatic rings. The van der Waals surface area contributed by atoms with Crippen molar-refractivity contribution < 1.29 is 14.3 Å². The minimum Gasteiger partial charge on any atom is -0.493 e. The van der Waals surface area contributed by atoms with Gasteiger partial charge in [0.05, 0.1) is 20.1 Å². The minimum absolute atomic E-state index is 0. The zero-order chi connectivity index (χ0) is 14.9. The molecule has 1 amide bonds. The van der Waals surface area contributed by atoms with Crippen LogP contribution in [0, 0.1) is 5.92 Å². The maximum absolute atomic E-state index is 11.8. The average Bonchev–Trinajstić information content (AvgIpc) is 2.54. The van der Waals surface area contributed by atoms with E-state index in [1.54, 1.807) is 7.11 Å². The van der Waals surface area contributed by atoms with Gasteiger partial charge in [-0.1, -0.05) is 12.1 Å². The molecular formula is C16H25ClN2O3. The van der Waals surface area contributed by atoms with Crippen LogP contribution in [-0.2, 0) is 4.79 Å². The number of piperidine rings is 1. The highest BCUT2D eigenvalue weighted by molar-refractivity contribution is 5.85. The normalized spacial score (nSPS) is 17.2. The molecule has 1 unspecified atom stereocenters. The van der Waals surface area contributed by atoms with Gasteiger partial charge < -0.3 is 20.1 Å².